The lowest BCUT2D eigenvalue weighted by atomic mass is 10.2. The fourth-order valence-electron chi connectivity index (χ4n) is 1.07. The predicted molar refractivity (Wildman–Crippen MR) is 60.0 cm³/mol. The van der Waals surface area contributed by atoms with Gasteiger partial charge in [-0.15, -0.1) is 0 Å². The summed E-state index contributed by atoms with van der Waals surface area (Å²) >= 11 is 0. The first-order valence-electron chi connectivity index (χ1n) is 4.73. The number of carbonyl (C=O) groups excluding carboxylic acids is 1. The van der Waals surface area contributed by atoms with E-state index in [0.29, 0.717) is 11.3 Å². The van der Waals surface area contributed by atoms with Crippen LogP contribution in [0.5, 0.6) is 5.75 Å². The van der Waals surface area contributed by atoms with Gasteiger partial charge in [-0.3, -0.25) is 10.1 Å². The maximum atomic E-state index is 11.1. The molecule has 0 N–H and O–H groups in total. The van der Waals surface area contributed by atoms with Crippen LogP contribution in [-0.4, -0.2) is 24.6 Å². The highest BCUT2D eigenvalue weighted by Gasteiger charge is 2.03. The molecular weight excluding hydrogens is 226 g/mol. The summed E-state index contributed by atoms with van der Waals surface area (Å²) in [6, 6.07) is 6.31. The van der Waals surface area contributed by atoms with Crippen molar-refractivity contribution in [3.8, 4) is 5.75 Å². The second kappa shape index (κ2) is 6.39. The van der Waals surface area contributed by atoms with Crippen molar-refractivity contribution >= 4 is 12.0 Å². The molecule has 0 aliphatic heterocycles. The van der Waals surface area contributed by atoms with Crippen LogP contribution in [0.25, 0.3) is 6.08 Å². The minimum atomic E-state index is -0.549. The minimum absolute atomic E-state index is 0.122. The van der Waals surface area contributed by atoms with Gasteiger partial charge >= 0.3 is 5.97 Å². The molecule has 0 aliphatic carbocycles. The van der Waals surface area contributed by atoms with E-state index in [0.717, 1.165) is 6.20 Å². The lowest BCUT2D eigenvalue weighted by molar-refractivity contribution is -0.400. The molecule has 0 unspecified atom stereocenters. The van der Waals surface area contributed by atoms with Crippen molar-refractivity contribution in [2.24, 2.45) is 0 Å². The molecule has 1 aromatic rings. The Morgan fingerprint density at radius 1 is 1.41 bits per heavy atom. The van der Waals surface area contributed by atoms with Gasteiger partial charge in [-0.05, 0) is 17.7 Å². The molecule has 0 amide bonds. The van der Waals surface area contributed by atoms with Gasteiger partial charge in [0.15, 0.2) is 0 Å². The molecule has 0 aliphatic rings. The zero-order valence-corrected chi connectivity index (χ0v) is 9.16. The summed E-state index contributed by atoms with van der Waals surface area (Å²) in [5.74, 6) is -0.133. The lowest BCUT2D eigenvalue weighted by Crippen LogP contribution is -2.13. The molecule has 0 aromatic heterocycles. The number of ether oxygens (including phenoxy) is 2. The van der Waals surface area contributed by atoms with Crippen LogP contribution in [0, 0.1) is 10.1 Å². The van der Waals surface area contributed by atoms with E-state index in [1.165, 1.54) is 13.2 Å². The average Bonchev–Trinajstić information content (AvgIpc) is 2.28. The highest BCUT2D eigenvalue weighted by molar-refractivity contribution is 5.73. The first-order valence-corrected chi connectivity index (χ1v) is 4.73. The zero-order chi connectivity index (χ0) is 12.7. The zero-order valence-electron chi connectivity index (χ0n) is 9.16. The molecule has 0 heterocycles. The fourth-order valence-corrected chi connectivity index (χ4v) is 1.07. The minimum Gasteiger partial charge on any atom is -0.425 e. The van der Waals surface area contributed by atoms with E-state index in [-0.39, 0.29) is 6.61 Å². The van der Waals surface area contributed by atoms with Crippen LogP contribution < -0.4 is 4.74 Å². The first-order chi connectivity index (χ1) is 8.11. The summed E-state index contributed by atoms with van der Waals surface area (Å²) in [5, 5.41) is 10.1. The summed E-state index contributed by atoms with van der Waals surface area (Å²) in [6.45, 7) is -0.122. The standard InChI is InChI=1S/C11H11NO5/c1-16-8-11(13)17-10-4-2-9(3-5-10)6-7-12(14)15/h2-7H,8H2,1H3. The summed E-state index contributed by atoms with van der Waals surface area (Å²) < 4.78 is 9.52. The molecule has 6 nitrogen and oxygen atoms in total. The van der Waals surface area contributed by atoms with Crippen LogP contribution in [0.3, 0.4) is 0 Å². The van der Waals surface area contributed by atoms with Crippen LogP contribution in [0.15, 0.2) is 30.5 Å². The van der Waals surface area contributed by atoms with E-state index in [4.69, 9.17) is 4.74 Å². The lowest BCUT2D eigenvalue weighted by Gasteiger charge is -2.03. The molecule has 17 heavy (non-hydrogen) atoms. The van der Waals surface area contributed by atoms with Gasteiger partial charge in [0.2, 0.25) is 6.20 Å². The van der Waals surface area contributed by atoms with Gasteiger partial charge in [0.1, 0.15) is 12.4 Å². The van der Waals surface area contributed by atoms with Crippen LogP contribution in [-0.2, 0) is 9.53 Å². The highest BCUT2D eigenvalue weighted by Crippen LogP contribution is 2.13. The van der Waals surface area contributed by atoms with Gasteiger partial charge in [-0.2, -0.15) is 0 Å². The largest absolute Gasteiger partial charge is 0.425 e. The van der Waals surface area contributed by atoms with Crippen molar-refractivity contribution in [2.75, 3.05) is 13.7 Å². The van der Waals surface area contributed by atoms with Gasteiger partial charge in [0, 0.05) is 13.2 Å². The van der Waals surface area contributed by atoms with Crippen molar-refractivity contribution in [1.82, 2.24) is 0 Å². The molecule has 6 heteroatoms. The number of rotatable bonds is 5. The Balaban J connectivity index is 2.62. The smallest absolute Gasteiger partial charge is 0.337 e. The number of nitrogens with zero attached hydrogens (tertiary/aromatic N) is 1. The van der Waals surface area contributed by atoms with Gasteiger partial charge in [-0.25, -0.2) is 4.79 Å². The van der Waals surface area contributed by atoms with Crippen molar-refractivity contribution in [3.63, 3.8) is 0 Å². The number of nitro groups is 1. The van der Waals surface area contributed by atoms with E-state index < -0.39 is 10.9 Å². The van der Waals surface area contributed by atoms with Crippen molar-refractivity contribution in [1.29, 1.82) is 0 Å². The molecule has 0 atom stereocenters. The van der Waals surface area contributed by atoms with E-state index in [1.807, 2.05) is 0 Å². The number of hydrogen-bond donors (Lipinski definition) is 0. The van der Waals surface area contributed by atoms with E-state index in [9.17, 15) is 14.9 Å². The van der Waals surface area contributed by atoms with E-state index >= 15 is 0 Å². The maximum absolute atomic E-state index is 11.1. The van der Waals surface area contributed by atoms with Gasteiger partial charge in [0.25, 0.3) is 0 Å². The number of esters is 1. The third kappa shape index (κ3) is 4.89. The van der Waals surface area contributed by atoms with Crippen molar-refractivity contribution < 1.29 is 19.2 Å². The van der Waals surface area contributed by atoms with Crippen molar-refractivity contribution in [2.45, 2.75) is 0 Å². The number of carbonyl (C=O) groups is 1. The molecule has 1 aromatic carbocycles. The Labute approximate surface area is 97.6 Å². The Morgan fingerprint density at radius 3 is 2.59 bits per heavy atom. The van der Waals surface area contributed by atoms with Gasteiger partial charge in [-0.1, -0.05) is 12.1 Å². The normalized spacial score (nSPS) is 10.4. The third-order valence-electron chi connectivity index (χ3n) is 1.76. The first kappa shape index (κ1) is 12.9. The Kier molecular flexibility index (Phi) is 4.83. The van der Waals surface area contributed by atoms with Crippen LogP contribution in [0.1, 0.15) is 5.56 Å². The molecule has 0 bridgehead atoms. The third-order valence-corrected chi connectivity index (χ3v) is 1.76. The molecule has 0 saturated heterocycles. The quantitative estimate of drug-likeness (QED) is 0.335. The fraction of sp³-hybridized carbons (Fsp3) is 0.182. The summed E-state index contributed by atoms with van der Waals surface area (Å²) in [6.07, 6.45) is 2.19. The van der Waals surface area contributed by atoms with E-state index in [2.05, 4.69) is 4.74 Å². The Bertz CT molecular complexity index is 424. The van der Waals surface area contributed by atoms with E-state index in [1.54, 1.807) is 24.3 Å². The topological polar surface area (TPSA) is 78.7 Å². The van der Waals surface area contributed by atoms with Crippen LogP contribution in [0.2, 0.25) is 0 Å². The summed E-state index contributed by atoms with van der Waals surface area (Å²) in [5.41, 5.74) is 0.647. The van der Waals surface area contributed by atoms with Gasteiger partial charge in [0.05, 0.1) is 4.92 Å². The number of benzene rings is 1. The summed E-state index contributed by atoms with van der Waals surface area (Å²) in [4.78, 5) is 20.6. The maximum Gasteiger partial charge on any atom is 0.337 e. The average molecular weight is 237 g/mol. The van der Waals surface area contributed by atoms with Crippen molar-refractivity contribution in [3.05, 3.63) is 46.1 Å². The summed E-state index contributed by atoms with van der Waals surface area (Å²) in [7, 11) is 1.40. The van der Waals surface area contributed by atoms with Crippen LogP contribution in [0.4, 0.5) is 0 Å². The predicted octanol–water partition coefficient (Wildman–Crippen LogP) is 1.49. The Morgan fingerprint density at radius 2 is 2.06 bits per heavy atom. The highest BCUT2D eigenvalue weighted by atomic mass is 16.6. The molecule has 1 rings (SSSR count). The SMILES string of the molecule is COCC(=O)Oc1ccc(C=C[N+](=O)[O-])cc1. The Hall–Kier alpha value is -2.21. The molecule has 90 valence electrons. The molecule has 0 radical (unpaired) electrons. The van der Waals surface area contributed by atoms with Crippen LogP contribution >= 0.6 is 0 Å². The molecular formula is C11H11NO5. The second-order valence-electron chi connectivity index (χ2n) is 3.08. The second-order valence-corrected chi connectivity index (χ2v) is 3.08. The number of methoxy groups -OCH3 is 1. The molecule has 0 spiro atoms. The van der Waals surface area contributed by atoms with Gasteiger partial charge < -0.3 is 9.47 Å². The molecule has 0 saturated carbocycles. The number of hydrogen-bond acceptors (Lipinski definition) is 5. The monoisotopic (exact) mass is 237 g/mol. The molecule has 0 fully saturated rings.